The molecule has 0 spiro atoms. The second-order valence-corrected chi connectivity index (χ2v) is 6.89. The highest BCUT2D eigenvalue weighted by Gasteiger charge is 2.19. The second kappa shape index (κ2) is 5.58. The van der Waals surface area contributed by atoms with Crippen molar-refractivity contribution in [1.82, 2.24) is 0 Å². The molecule has 0 N–H and O–H groups in total. The highest BCUT2D eigenvalue weighted by Crippen LogP contribution is 2.29. The molecule has 3 rings (SSSR count). The molecule has 0 aliphatic rings. The molecule has 0 aliphatic heterocycles. The molecule has 0 radical (unpaired) electrons. The van der Waals surface area contributed by atoms with Gasteiger partial charge in [0.15, 0.2) is 0 Å². The van der Waals surface area contributed by atoms with Gasteiger partial charge in [0, 0.05) is 6.08 Å². The highest BCUT2D eigenvalue weighted by molar-refractivity contribution is 8.02. The molecule has 0 saturated heterocycles. The molecule has 2 aromatic carbocycles. The second-order valence-electron chi connectivity index (χ2n) is 4.78. The van der Waals surface area contributed by atoms with Crippen molar-refractivity contribution in [2.24, 2.45) is 0 Å². The maximum Gasteiger partial charge on any atom is 0.263 e. The third-order valence-electron chi connectivity index (χ3n) is 3.58. The van der Waals surface area contributed by atoms with Gasteiger partial charge >= 0.3 is 0 Å². The summed E-state index contributed by atoms with van der Waals surface area (Å²) in [5, 5.41) is 4.01. The Bertz CT molecular complexity index is 799. The van der Waals surface area contributed by atoms with Crippen LogP contribution >= 0.6 is 23.1 Å². The van der Waals surface area contributed by atoms with Crippen molar-refractivity contribution in [2.75, 3.05) is 6.26 Å². The number of nitrogens with zero attached hydrogens (tertiary/aromatic N) is 1. The monoisotopic (exact) mass is 300 g/mol. The normalized spacial score (nSPS) is 12.4. The number of thiazole rings is 1. The lowest BCUT2D eigenvalue weighted by Crippen LogP contribution is -2.33. The molecule has 1 nitrogen and oxygen atoms in total. The van der Waals surface area contributed by atoms with Crippen LogP contribution in [0.5, 0.6) is 0 Å². The summed E-state index contributed by atoms with van der Waals surface area (Å²) in [5.41, 5.74) is 1.37. The van der Waals surface area contributed by atoms with Gasteiger partial charge in [0.2, 0.25) is 5.52 Å². The van der Waals surface area contributed by atoms with Gasteiger partial charge in [-0.3, -0.25) is 0 Å². The van der Waals surface area contributed by atoms with E-state index in [2.05, 4.69) is 67.1 Å². The molecular formula is C17H18NS2+. The summed E-state index contributed by atoms with van der Waals surface area (Å²) in [7, 11) is 0. The Morgan fingerprint density at radius 1 is 1.25 bits per heavy atom. The zero-order valence-corrected chi connectivity index (χ0v) is 13.6. The zero-order valence-electron chi connectivity index (χ0n) is 12.0. The molecule has 102 valence electrons. The van der Waals surface area contributed by atoms with Crippen molar-refractivity contribution in [3.63, 3.8) is 0 Å². The van der Waals surface area contributed by atoms with E-state index in [-0.39, 0.29) is 0 Å². The first-order valence-corrected chi connectivity index (χ1v) is 8.85. The fourth-order valence-corrected chi connectivity index (χ4v) is 4.08. The minimum atomic E-state index is 1.00. The van der Waals surface area contributed by atoms with E-state index in [1.807, 2.05) is 11.3 Å². The van der Waals surface area contributed by atoms with Crippen molar-refractivity contribution in [3.8, 4) is 0 Å². The van der Waals surface area contributed by atoms with Crippen molar-refractivity contribution in [2.45, 2.75) is 20.4 Å². The van der Waals surface area contributed by atoms with Crippen LogP contribution in [-0.2, 0) is 6.54 Å². The Balaban J connectivity index is 2.37. The fourth-order valence-electron chi connectivity index (χ4n) is 2.53. The minimum absolute atomic E-state index is 1.00. The first-order valence-electron chi connectivity index (χ1n) is 6.81. The quantitative estimate of drug-likeness (QED) is 0.610. The van der Waals surface area contributed by atoms with Gasteiger partial charge in [-0.1, -0.05) is 35.6 Å². The van der Waals surface area contributed by atoms with Gasteiger partial charge in [-0.05, 0) is 42.5 Å². The van der Waals surface area contributed by atoms with Crippen LogP contribution in [0.3, 0.4) is 0 Å². The van der Waals surface area contributed by atoms with Crippen LogP contribution in [0, 0.1) is 0 Å². The predicted octanol–water partition coefficient (Wildman–Crippen LogP) is 5.09. The number of rotatable bonds is 3. The number of fused-ring (bicyclic) bond motifs is 3. The van der Waals surface area contributed by atoms with E-state index in [9.17, 15) is 0 Å². The van der Waals surface area contributed by atoms with Crippen LogP contribution in [0.15, 0.2) is 41.3 Å². The molecule has 0 atom stereocenters. The lowest BCUT2D eigenvalue weighted by Gasteiger charge is -1.98. The van der Waals surface area contributed by atoms with Crippen molar-refractivity contribution >= 4 is 50.2 Å². The molecule has 0 bridgehead atoms. The van der Waals surface area contributed by atoms with Gasteiger partial charge in [0.25, 0.3) is 5.01 Å². The molecule has 0 unspecified atom stereocenters. The topological polar surface area (TPSA) is 3.88 Å². The average Bonchev–Trinajstić information content (AvgIpc) is 2.84. The van der Waals surface area contributed by atoms with Gasteiger partial charge in [-0.15, -0.1) is 11.8 Å². The lowest BCUT2D eigenvalue weighted by atomic mass is 10.1. The summed E-state index contributed by atoms with van der Waals surface area (Å²) in [5.74, 6) is 0. The van der Waals surface area contributed by atoms with E-state index in [1.165, 1.54) is 30.9 Å². The van der Waals surface area contributed by atoms with E-state index in [4.69, 9.17) is 0 Å². The number of hydrogen-bond acceptors (Lipinski definition) is 2. The van der Waals surface area contributed by atoms with E-state index in [0.29, 0.717) is 0 Å². The number of hydrogen-bond donors (Lipinski definition) is 0. The van der Waals surface area contributed by atoms with E-state index in [1.54, 1.807) is 11.8 Å². The third kappa shape index (κ3) is 2.25. The number of aryl methyl sites for hydroxylation is 1. The summed E-state index contributed by atoms with van der Waals surface area (Å²) in [6.45, 7) is 5.40. The van der Waals surface area contributed by atoms with Gasteiger partial charge in [-0.25, -0.2) is 0 Å². The van der Waals surface area contributed by atoms with E-state index in [0.717, 1.165) is 6.54 Å². The first kappa shape index (κ1) is 13.7. The Hall–Kier alpha value is -1.32. The maximum atomic E-state index is 2.43. The largest absolute Gasteiger partial charge is 0.263 e. The highest BCUT2D eigenvalue weighted by atomic mass is 32.2. The number of aromatic nitrogens is 1. The molecule has 20 heavy (non-hydrogen) atoms. The summed E-state index contributed by atoms with van der Waals surface area (Å²) in [4.78, 5) is 1.35. The van der Waals surface area contributed by atoms with Crippen LogP contribution in [0.4, 0.5) is 0 Å². The molecule has 1 heterocycles. The minimum Gasteiger partial charge on any atom is -0.182 e. The zero-order chi connectivity index (χ0) is 14.1. The van der Waals surface area contributed by atoms with Crippen LogP contribution < -0.4 is 4.57 Å². The summed E-state index contributed by atoms with van der Waals surface area (Å²) in [6.07, 6.45) is 4.43. The Morgan fingerprint density at radius 3 is 2.80 bits per heavy atom. The first-order chi connectivity index (χ1) is 9.74. The third-order valence-corrected chi connectivity index (χ3v) is 5.44. The van der Waals surface area contributed by atoms with Crippen molar-refractivity contribution < 1.29 is 4.57 Å². The predicted molar refractivity (Wildman–Crippen MR) is 92.4 cm³/mol. The number of benzene rings is 2. The molecule has 3 heteroatoms. The lowest BCUT2D eigenvalue weighted by molar-refractivity contribution is -0.664. The fraction of sp³-hybridized carbons (Fsp3) is 0.235. The summed E-state index contributed by atoms with van der Waals surface area (Å²) in [6, 6.07) is 13.1. The molecule has 0 amide bonds. The van der Waals surface area contributed by atoms with Gasteiger partial charge in [0.1, 0.15) is 11.2 Å². The van der Waals surface area contributed by atoms with Gasteiger partial charge in [0.05, 0.1) is 5.39 Å². The summed E-state index contributed by atoms with van der Waals surface area (Å²) < 4.78 is 3.80. The Labute approximate surface area is 127 Å². The Morgan fingerprint density at radius 2 is 2.05 bits per heavy atom. The smallest absolute Gasteiger partial charge is 0.182 e. The van der Waals surface area contributed by atoms with E-state index < -0.39 is 0 Å². The average molecular weight is 300 g/mol. The maximum absolute atomic E-state index is 2.43. The molecule has 0 aliphatic carbocycles. The van der Waals surface area contributed by atoms with Crippen molar-refractivity contribution in [1.29, 1.82) is 0 Å². The van der Waals surface area contributed by atoms with Crippen molar-refractivity contribution in [3.05, 3.63) is 46.3 Å². The SMILES string of the molecule is CC[n+]1c(/C=C(\C)SC)sc2ccc3ccccc3c21. The molecule has 3 aromatic rings. The number of thioether (sulfide) groups is 1. The molecule has 1 aromatic heterocycles. The van der Waals surface area contributed by atoms with Gasteiger partial charge < -0.3 is 0 Å². The number of allylic oxidation sites excluding steroid dienone is 1. The summed E-state index contributed by atoms with van der Waals surface area (Å²) >= 11 is 3.69. The van der Waals surface area contributed by atoms with Gasteiger partial charge in [-0.2, -0.15) is 4.57 Å². The van der Waals surface area contributed by atoms with Crippen LogP contribution in [0.2, 0.25) is 0 Å². The molecule has 0 fully saturated rings. The van der Waals surface area contributed by atoms with Crippen LogP contribution in [0.25, 0.3) is 27.1 Å². The van der Waals surface area contributed by atoms with Crippen LogP contribution in [-0.4, -0.2) is 6.26 Å². The molecule has 0 saturated carbocycles. The standard InChI is InChI=1S/C17H18NS2/c1-4-18-16(11-12(2)19-3)20-15-10-9-13-7-5-6-8-14(13)17(15)18/h5-11H,4H2,1-3H3/q+1/b12-11+. The van der Waals surface area contributed by atoms with E-state index >= 15 is 0 Å². The Kier molecular flexibility index (Phi) is 3.81. The van der Waals surface area contributed by atoms with Crippen LogP contribution in [0.1, 0.15) is 18.9 Å². The molecular weight excluding hydrogens is 282 g/mol.